The topological polar surface area (TPSA) is 45.2 Å². The lowest BCUT2D eigenvalue weighted by Crippen LogP contribution is -2.28. The minimum Gasteiger partial charge on any atom is -0.355 e. The summed E-state index contributed by atoms with van der Waals surface area (Å²) in [6.45, 7) is 2.18. The zero-order chi connectivity index (χ0) is 13.7. The lowest BCUT2D eigenvalue weighted by Gasteiger charge is -2.22. The molecule has 0 radical (unpaired) electrons. The summed E-state index contributed by atoms with van der Waals surface area (Å²) in [5.41, 5.74) is 0.710. The van der Waals surface area contributed by atoms with Crippen molar-refractivity contribution in [3.05, 3.63) is 23.9 Å². The fourth-order valence-electron chi connectivity index (χ4n) is 4.82. The van der Waals surface area contributed by atoms with Crippen LogP contribution in [0.5, 0.6) is 0 Å². The molecule has 4 heteroatoms. The second-order valence-electron chi connectivity index (χ2n) is 6.52. The van der Waals surface area contributed by atoms with Gasteiger partial charge in [-0.05, 0) is 55.1 Å². The molecule has 1 aromatic heterocycles. The first-order valence-corrected chi connectivity index (χ1v) is 7.70. The van der Waals surface area contributed by atoms with Gasteiger partial charge in [-0.15, -0.1) is 0 Å². The average Bonchev–Trinajstić information content (AvgIpc) is 3.18. The molecule has 4 rings (SSSR count). The maximum absolute atomic E-state index is 12.0. The Morgan fingerprint density at radius 2 is 2.00 bits per heavy atom. The fourth-order valence-corrected chi connectivity index (χ4v) is 4.82. The summed E-state index contributed by atoms with van der Waals surface area (Å²) in [6.07, 6.45) is 6.09. The van der Waals surface area contributed by atoms with Crippen molar-refractivity contribution in [1.29, 1.82) is 0 Å². The van der Waals surface area contributed by atoms with E-state index in [0.717, 1.165) is 42.6 Å². The standard InChI is InChI=1S/C16H21N3O/c1-17-16(20)12-3-2-6-18-15(12)19-8-13-10-4-5-11(7-10)14(13)9-19/h2-3,6,10-11,13-14H,4-5,7-9H2,1H3,(H,17,20)/t10-,11+,13-,14+. The second-order valence-corrected chi connectivity index (χ2v) is 6.52. The highest BCUT2D eigenvalue weighted by molar-refractivity contribution is 5.98. The molecule has 2 saturated carbocycles. The molecule has 1 aliphatic heterocycles. The molecule has 4 nitrogen and oxygen atoms in total. The third-order valence-corrected chi connectivity index (χ3v) is 5.70. The van der Waals surface area contributed by atoms with Gasteiger partial charge in [-0.25, -0.2) is 4.98 Å². The van der Waals surface area contributed by atoms with Gasteiger partial charge in [-0.3, -0.25) is 4.79 Å². The molecular weight excluding hydrogens is 250 g/mol. The van der Waals surface area contributed by atoms with E-state index in [1.807, 2.05) is 12.1 Å². The SMILES string of the molecule is CNC(=O)c1cccnc1N1C[C@@H]2[C@@H]3CC[C@@H](C3)[C@@H]2C1. The molecule has 20 heavy (non-hydrogen) atoms. The number of carbonyl (C=O) groups is 1. The van der Waals surface area contributed by atoms with Crippen molar-refractivity contribution in [2.45, 2.75) is 19.3 Å². The number of nitrogens with zero attached hydrogens (tertiary/aromatic N) is 2. The molecule has 4 atom stereocenters. The van der Waals surface area contributed by atoms with Gasteiger partial charge in [0.1, 0.15) is 5.82 Å². The third kappa shape index (κ3) is 1.67. The van der Waals surface area contributed by atoms with Crippen molar-refractivity contribution in [3.63, 3.8) is 0 Å². The number of rotatable bonds is 2. The molecule has 106 valence electrons. The van der Waals surface area contributed by atoms with Gasteiger partial charge in [0.2, 0.25) is 0 Å². The number of fused-ring (bicyclic) bond motifs is 5. The van der Waals surface area contributed by atoms with Crippen LogP contribution >= 0.6 is 0 Å². The first kappa shape index (κ1) is 12.2. The van der Waals surface area contributed by atoms with E-state index < -0.39 is 0 Å². The van der Waals surface area contributed by atoms with Crippen LogP contribution in [0, 0.1) is 23.7 Å². The summed E-state index contributed by atoms with van der Waals surface area (Å²) in [7, 11) is 1.68. The van der Waals surface area contributed by atoms with Crippen LogP contribution in [0.15, 0.2) is 18.3 Å². The first-order valence-electron chi connectivity index (χ1n) is 7.70. The maximum atomic E-state index is 12.0. The van der Waals surface area contributed by atoms with Crippen molar-refractivity contribution in [2.75, 3.05) is 25.0 Å². The highest BCUT2D eigenvalue weighted by Gasteiger charge is 2.51. The summed E-state index contributed by atoms with van der Waals surface area (Å²) < 4.78 is 0. The predicted octanol–water partition coefficient (Wildman–Crippen LogP) is 1.92. The van der Waals surface area contributed by atoms with E-state index in [0.29, 0.717) is 5.56 Å². The molecule has 1 aromatic rings. The summed E-state index contributed by atoms with van der Waals surface area (Å²) in [5, 5.41) is 2.72. The molecule has 0 unspecified atom stereocenters. The smallest absolute Gasteiger partial charge is 0.254 e. The number of pyridine rings is 1. The fraction of sp³-hybridized carbons (Fsp3) is 0.625. The first-order chi connectivity index (χ1) is 9.78. The summed E-state index contributed by atoms with van der Waals surface area (Å²) in [4.78, 5) is 18.8. The number of amides is 1. The van der Waals surface area contributed by atoms with E-state index in [2.05, 4.69) is 15.2 Å². The van der Waals surface area contributed by atoms with Crippen LogP contribution in [-0.4, -0.2) is 31.0 Å². The zero-order valence-electron chi connectivity index (χ0n) is 11.9. The van der Waals surface area contributed by atoms with Crippen molar-refractivity contribution in [1.82, 2.24) is 10.3 Å². The van der Waals surface area contributed by atoms with Crippen molar-refractivity contribution >= 4 is 11.7 Å². The van der Waals surface area contributed by atoms with Crippen LogP contribution in [0.2, 0.25) is 0 Å². The van der Waals surface area contributed by atoms with Gasteiger partial charge >= 0.3 is 0 Å². The third-order valence-electron chi connectivity index (χ3n) is 5.70. The van der Waals surface area contributed by atoms with Gasteiger partial charge < -0.3 is 10.2 Å². The van der Waals surface area contributed by atoms with E-state index in [1.165, 1.54) is 19.3 Å². The minimum absolute atomic E-state index is 0.0341. The van der Waals surface area contributed by atoms with Crippen LogP contribution in [-0.2, 0) is 0 Å². The van der Waals surface area contributed by atoms with E-state index in [1.54, 1.807) is 13.2 Å². The highest BCUT2D eigenvalue weighted by atomic mass is 16.1. The monoisotopic (exact) mass is 271 g/mol. The number of nitrogens with one attached hydrogen (secondary N) is 1. The highest BCUT2D eigenvalue weighted by Crippen LogP contribution is 2.55. The van der Waals surface area contributed by atoms with Crippen LogP contribution in [0.4, 0.5) is 5.82 Å². The van der Waals surface area contributed by atoms with Gasteiger partial charge in [0, 0.05) is 26.3 Å². The van der Waals surface area contributed by atoms with E-state index in [4.69, 9.17) is 0 Å². The number of hydrogen-bond acceptors (Lipinski definition) is 3. The molecule has 2 aliphatic carbocycles. The molecule has 2 bridgehead atoms. The molecular formula is C16H21N3O. The Morgan fingerprint density at radius 3 is 2.65 bits per heavy atom. The normalized spacial score (nSPS) is 34.4. The molecule has 3 aliphatic rings. The Hall–Kier alpha value is -1.58. The molecule has 1 saturated heterocycles. The van der Waals surface area contributed by atoms with Gasteiger partial charge in [0.15, 0.2) is 0 Å². The number of carbonyl (C=O) groups excluding carboxylic acids is 1. The summed E-state index contributed by atoms with van der Waals surface area (Å²) >= 11 is 0. The van der Waals surface area contributed by atoms with Crippen LogP contribution in [0.1, 0.15) is 29.6 Å². The molecule has 3 fully saturated rings. The number of aromatic nitrogens is 1. The lowest BCUT2D eigenvalue weighted by molar-refractivity contribution is 0.0963. The predicted molar refractivity (Wildman–Crippen MR) is 77.7 cm³/mol. The van der Waals surface area contributed by atoms with Gasteiger partial charge in [-0.2, -0.15) is 0 Å². The zero-order valence-corrected chi connectivity index (χ0v) is 11.9. The Bertz CT molecular complexity index is 526. The van der Waals surface area contributed by atoms with Crippen LogP contribution < -0.4 is 10.2 Å². The quantitative estimate of drug-likeness (QED) is 0.894. The largest absolute Gasteiger partial charge is 0.355 e. The Kier molecular flexibility index (Phi) is 2.72. The van der Waals surface area contributed by atoms with E-state index >= 15 is 0 Å². The minimum atomic E-state index is -0.0341. The Morgan fingerprint density at radius 1 is 1.30 bits per heavy atom. The van der Waals surface area contributed by atoms with Crippen molar-refractivity contribution in [2.24, 2.45) is 23.7 Å². The van der Waals surface area contributed by atoms with Crippen molar-refractivity contribution < 1.29 is 4.79 Å². The van der Waals surface area contributed by atoms with Crippen LogP contribution in [0.25, 0.3) is 0 Å². The second kappa shape index (κ2) is 4.47. The molecule has 1 N–H and O–H groups in total. The van der Waals surface area contributed by atoms with Crippen LogP contribution in [0.3, 0.4) is 0 Å². The van der Waals surface area contributed by atoms with Crippen molar-refractivity contribution in [3.8, 4) is 0 Å². The van der Waals surface area contributed by atoms with Gasteiger partial charge in [-0.1, -0.05) is 0 Å². The molecule has 0 aromatic carbocycles. The Labute approximate surface area is 119 Å². The molecule has 0 spiro atoms. The lowest BCUT2D eigenvalue weighted by atomic mass is 9.82. The number of hydrogen-bond donors (Lipinski definition) is 1. The van der Waals surface area contributed by atoms with Gasteiger partial charge in [0.05, 0.1) is 5.56 Å². The summed E-state index contributed by atoms with van der Waals surface area (Å²) in [5.74, 6) is 4.39. The summed E-state index contributed by atoms with van der Waals surface area (Å²) in [6, 6.07) is 3.72. The number of anilines is 1. The van der Waals surface area contributed by atoms with E-state index in [9.17, 15) is 4.79 Å². The Balaban J connectivity index is 1.62. The molecule has 2 heterocycles. The molecule has 1 amide bonds. The average molecular weight is 271 g/mol. The maximum Gasteiger partial charge on any atom is 0.254 e. The van der Waals surface area contributed by atoms with Gasteiger partial charge in [0.25, 0.3) is 5.91 Å². The van der Waals surface area contributed by atoms with E-state index in [-0.39, 0.29) is 5.91 Å².